The number of nitrogens with zero attached hydrogens (tertiary/aromatic N) is 5. The summed E-state index contributed by atoms with van der Waals surface area (Å²) in [6.45, 7) is 13.6. The summed E-state index contributed by atoms with van der Waals surface area (Å²) >= 11 is 0. The average Bonchev–Trinajstić information content (AvgIpc) is 3.84. The first-order valence-electron chi connectivity index (χ1n) is 21.2. The highest BCUT2D eigenvalue weighted by molar-refractivity contribution is 6.00. The molecule has 0 aliphatic carbocycles. The minimum Gasteiger partial charge on any atom is -0.459 e. The minimum absolute atomic E-state index is 0.0245. The molecule has 2 aromatic rings. The van der Waals surface area contributed by atoms with E-state index in [9.17, 15) is 38.9 Å². The van der Waals surface area contributed by atoms with Crippen LogP contribution in [0.15, 0.2) is 30.5 Å². The van der Waals surface area contributed by atoms with Crippen LogP contribution in [0.5, 0.6) is 0 Å². The fourth-order valence-electron chi connectivity index (χ4n) is 9.04. The van der Waals surface area contributed by atoms with Crippen LogP contribution in [0.4, 0.5) is 14.9 Å². The number of rotatable bonds is 11. The molecule has 0 bridgehead atoms. The Labute approximate surface area is 356 Å². The Balaban J connectivity index is 1.30. The Bertz CT molecular complexity index is 1860. The van der Waals surface area contributed by atoms with Crippen LogP contribution < -0.4 is 4.90 Å². The van der Waals surface area contributed by atoms with E-state index < -0.39 is 107 Å². The SMILES string of the molecule is CC[C@H]1OC(=O)[C@H](C)C(=O)[C@H](C)[C@@H](O[C@@H]2O[C@H](C)C[C@H](N(C)CCc3cn(C[C@H]4CN(c5cccc(F)c5)C(=O)O4)nn3)[C@@H]2O)[C@](C)(OC)C[C@@H](C)C(=O)[C@H](C)[C@@H](O)[C@]1(C)O. The van der Waals surface area contributed by atoms with Gasteiger partial charge in [-0.3, -0.25) is 19.3 Å². The Morgan fingerprint density at radius 3 is 2.39 bits per heavy atom. The molecule has 3 N–H and O–H groups in total. The third-order valence-electron chi connectivity index (χ3n) is 12.9. The number of halogens is 1. The molecular formula is C43H64FN5O12. The molecule has 1 aromatic heterocycles. The fourth-order valence-corrected chi connectivity index (χ4v) is 9.04. The number of esters is 1. The second-order valence-electron chi connectivity index (χ2n) is 17.7. The molecular weight excluding hydrogens is 797 g/mol. The molecule has 5 rings (SSSR count). The van der Waals surface area contributed by atoms with Crippen molar-refractivity contribution in [1.82, 2.24) is 19.9 Å². The summed E-state index contributed by atoms with van der Waals surface area (Å²) in [5, 5.41) is 43.1. The summed E-state index contributed by atoms with van der Waals surface area (Å²) in [6.07, 6.45) is -5.12. The highest BCUT2D eigenvalue weighted by Crippen LogP contribution is 2.38. The summed E-state index contributed by atoms with van der Waals surface area (Å²) in [6, 6.07) is 5.26. The molecule has 3 fully saturated rings. The van der Waals surface area contributed by atoms with Gasteiger partial charge in [-0.2, -0.15) is 0 Å². The van der Waals surface area contributed by atoms with Crippen molar-refractivity contribution in [3.63, 3.8) is 0 Å². The second kappa shape index (κ2) is 19.6. The van der Waals surface area contributed by atoms with Gasteiger partial charge in [-0.25, -0.2) is 13.9 Å². The van der Waals surface area contributed by atoms with E-state index in [4.69, 9.17) is 23.7 Å². The first-order valence-corrected chi connectivity index (χ1v) is 21.2. The molecule has 1 amide bonds. The summed E-state index contributed by atoms with van der Waals surface area (Å²) in [7, 11) is 3.28. The number of benzene rings is 1. The number of aliphatic hydroxyl groups excluding tert-OH is 2. The number of Topliss-reactive ketones (excluding diaryl/α,β-unsaturated/α-hetero) is 2. The Morgan fingerprint density at radius 2 is 1.74 bits per heavy atom. The molecule has 0 spiro atoms. The predicted octanol–water partition coefficient (Wildman–Crippen LogP) is 3.09. The van der Waals surface area contributed by atoms with Crippen molar-refractivity contribution in [3.8, 4) is 0 Å². The molecule has 4 heterocycles. The van der Waals surface area contributed by atoms with Crippen LogP contribution in [-0.2, 0) is 51.0 Å². The normalized spacial score (nSPS) is 37.1. The van der Waals surface area contributed by atoms with E-state index in [0.29, 0.717) is 30.8 Å². The quantitative estimate of drug-likeness (QED) is 0.219. The molecule has 17 nitrogen and oxygen atoms in total. The van der Waals surface area contributed by atoms with Gasteiger partial charge >= 0.3 is 12.1 Å². The number of cyclic esters (lactones) is 2. The molecule has 61 heavy (non-hydrogen) atoms. The van der Waals surface area contributed by atoms with Gasteiger partial charge in [0.05, 0.1) is 48.4 Å². The van der Waals surface area contributed by atoms with Crippen molar-refractivity contribution in [2.24, 2.45) is 23.7 Å². The molecule has 0 unspecified atom stereocenters. The summed E-state index contributed by atoms with van der Waals surface area (Å²) in [5.41, 5.74) is -2.29. The molecule has 0 saturated carbocycles. The summed E-state index contributed by atoms with van der Waals surface area (Å²) in [5.74, 6) is -6.44. The third-order valence-corrected chi connectivity index (χ3v) is 12.9. The first-order chi connectivity index (χ1) is 28.6. The molecule has 3 aliphatic heterocycles. The number of carbonyl (C=O) groups is 4. The van der Waals surface area contributed by atoms with Crippen LogP contribution in [0.25, 0.3) is 0 Å². The molecule has 1 aromatic carbocycles. The zero-order valence-electron chi connectivity index (χ0n) is 36.9. The summed E-state index contributed by atoms with van der Waals surface area (Å²) < 4.78 is 45.4. The minimum atomic E-state index is -2.00. The smallest absolute Gasteiger partial charge is 0.414 e. The monoisotopic (exact) mass is 861 g/mol. The maximum atomic E-state index is 14.2. The second-order valence-corrected chi connectivity index (χ2v) is 17.7. The number of amides is 1. The van der Waals surface area contributed by atoms with Gasteiger partial charge < -0.3 is 43.9 Å². The lowest BCUT2D eigenvalue weighted by molar-refractivity contribution is -0.296. The topological polar surface area (TPSA) is 212 Å². The van der Waals surface area contributed by atoms with Gasteiger partial charge in [0.2, 0.25) is 0 Å². The van der Waals surface area contributed by atoms with Gasteiger partial charge in [0.25, 0.3) is 0 Å². The lowest BCUT2D eigenvalue weighted by Crippen LogP contribution is -2.60. The number of anilines is 1. The predicted molar refractivity (Wildman–Crippen MR) is 217 cm³/mol. The number of methoxy groups -OCH3 is 1. The van der Waals surface area contributed by atoms with E-state index in [2.05, 4.69) is 10.3 Å². The van der Waals surface area contributed by atoms with Crippen LogP contribution >= 0.6 is 0 Å². The van der Waals surface area contributed by atoms with Crippen molar-refractivity contribution < 1.29 is 62.6 Å². The average molecular weight is 862 g/mol. The van der Waals surface area contributed by atoms with E-state index in [0.717, 1.165) is 0 Å². The van der Waals surface area contributed by atoms with E-state index in [1.54, 1.807) is 44.6 Å². The van der Waals surface area contributed by atoms with E-state index in [1.807, 2.05) is 18.9 Å². The highest BCUT2D eigenvalue weighted by atomic mass is 19.1. The maximum Gasteiger partial charge on any atom is 0.414 e. The zero-order valence-corrected chi connectivity index (χ0v) is 36.9. The number of likely N-dealkylation sites (N-methyl/N-ethyl adjacent to an activating group) is 1. The largest absolute Gasteiger partial charge is 0.459 e. The fraction of sp³-hybridized carbons (Fsp3) is 0.721. The molecule has 0 radical (unpaired) electrons. The summed E-state index contributed by atoms with van der Waals surface area (Å²) in [4.78, 5) is 57.4. The van der Waals surface area contributed by atoms with Crippen LogP contribution in [-0.4, -0.2) is 146 Å². The van der Waals surface area contributed by atoms with Gasteiger partial charge in [0, 0.05) is 50.1 Å². The molecule has 340 valence electrons. The van der Waals surface area contributed by atoms with Crippen LogP contribution in [0, 0.1) is 29.5 Å². The number of aromatic nitrogens is 3. The van der Waals surface area contributed by atoms with E-state index >= 15 is 0 Å². The molecule has 3 aliphatic rings. The highest BCUT2D eigenvalue weighted by Gasteiger charge is 2.52. The molecule has 18 heteroatoms. The molecule has 14 atom stereocenters. The van der Waals surface area contributed by atoms with E-state index in [1.165, 1.54) is 51.0 Å². The van der Waals surface area contributed by atoms with Crippen molar-refractivity contribution in [1.29, 1.82) is 0 Å². The third kappa shape index (κ3) is 10.7. The standard InChI is InChI=1S/C43H64FN5O12/c1-11-33-43(8,56)37(53)25(4)34(50)23(2)19-42(7,57-10)38(26(5)35(51)27(6)39(54)60-33)61-40-36(52)32(17-24(3)58-40)47(9)16-15-29-20-48(46-45-29)21-31-22-49(41(55)59-31)30-14-12-13-28(44)18-30/h12-14,18,20,23-27,31-33,36-38,40,52-53,56H,11,15-17,19,21-22H2,1-10H3/t23-,24-,25+,26+,27-,31+,32+,33-,36+,37-,38-,40+,42-,43-/m1/s1. The van der Waals surface area contributed by atoms with Crippen molar-refractivity contribution in [3.05, 3.63) is 42.0 Å². The van der Waals surface area contributed by atoms with Crippen LogP contribution in [0.3, 0.4) is 0 Å². The lowest BCUT2D eigenvalue weighted by atomic mass is 9.74. The number of aliphatic hydroxyl groups is 3. The number of hydrogen-bond acceptors (Lipinski definition) is 15. The maximum absolute atomic E-state index is 14.2. The van der Waals surface area contributed by atoms with Gasteiger partial charge in [0.1, 0.15) is 41.4 Å². The number of hydrogen-bond donors (Lipinski definition) is 3. The number of carbonyl (C=O) groups excluding carboxylic acids is 4. The van der Waals surface area contributed by atoms with Gasteiger partial charge in [0.15, 0.2) is 12.1 Å². The Hall–Kier alpha value is -3.91. The molecule has 3 saturated heterocycles. The zero-order chi connectivity index (χ0) is 45.1. The van der Waals surface area contributed by atoms with Gasteiger partial charge in [-0.05, 0) is 72.2 Å². The Morgan fingerprint density at radius 1 is 1.03 bits per heavy atom. The van der Waals surface area contributed by atoms with E-state index in [-0.39, 0.29) is 31.7 Å². The number of ketones is 2. The van der Waals surface area contributed by atoms with Gasteiger partial charge in [-0.1, -0.05) is 39.0 Å². The lowest BCUT2D eigenvalue weighted by Gasteiger charge is -2.47. The van der Waals surface area contributed by atoms with Crippen molar-refractivity contribution >= 4 is 29.3 Å². The first kappa shape index (κ1) is 48.1. The van der Waals surface area contributed by atoms with Crippen LogP contribution in [0.2, 0.25) is 0 Å². The number of ether oxygens (including phenoxy) is 5. The van der Waals surface area contributed by atoms with Crippen molar-refractivity contribution in [2.45, 2.75) is 148 Å². The van der Waals surface area contributed by atoms with Crippen LogP contribution in [0.1, 0.15) is 80.3 Å². The van der Waals surface area contributed by atoms with Crippen molar-refractivity contribution in [2.75, 3.05) is 32.1 Å². The van der Waals surface area contributed by atoms with Gasteiger partial charge in [-0.15, -0.1) is 5.10 Å². The Kier molecular flexibility index (Phi) is 15.5.